The Morgan fingerprint density at radius 2 is 1.83 bits per heavy atom. The maximum atomic E-state index is 13.3. The van der Waals surface area contributed by atoms with E-state index in [1.54, 1.807) is 17.1 Å². The monoisotopic (exact) mass is 407 g/mol. The first-order valence-electron chi connectivity index (χ1n) is 9.52. The number of nitrogens with zero attached hydrogens (tertiary/aromatic N) is 3. The molecule has 1 heterocycles. The molecule has 146 valence electrons. The Morgan fingerprint density at radius 1 is 1.07 bits per heavy atom. The van der Waals surface area contributed by atoms with E-state index in [4.69, 9.17) is 11.6 Å². The number of halogens is 2. The topological polar surface area (TPSA) is 47.3 Å². The number of carbonyl (C=O) groups excluding carboxylic acids is 1. The zero-order valence-electron chi connectivity index (χ0n) is 15.7. The summed E-state index contributed by atoms with van der Waals surface area (Å²) in [7, 11) is 0. The van der Waals surface area contributed by atoms with Crippen molar-refractivity contribution in [1.82, 2.24) is 5.01 Å². The normalized spacial score (nSPS) is 14.1. The van der Waals surface area contributed by atoms with Crippen molar-refractivity contribution >= 4 is 34.0 Å². The molecule has 0 bridgehead atoms. The average Bonchev–Trinajstić information content (AvgIpc) is 2.75. The minimum absolute atomic E-state index is 0.0911. The van der Waals surface area contributed by atoms with Gasteiger partial charge in [-0.15, -0.1) is 0 Å². The first kappa shape index (κ1) is 19.2. The minimum atomic E-state index is -0.421. The van der Waals surface area contributed by atoms with E-state index in [9.17, 15) is 14.4 Å². The molecule has 0 radical (unpaired) electrons. The lowest BCUT2D eigenvalue weighted by molar-refractivity contribution is -0.131. The molecule has 1 aliphatic heterocycles. The van der Waals surface area contributed by atoms with Crippen LogP contribution in [0.4, 0.5) is 10.1 Å². The third-order valence-electron chi connectivity index (χ3n) is 5.23. The van der Waals surface area contributed by atoms with E-state index in [0.717, 1.165) is 29.3 Å². The maximum absolute atomic E-state index is 13.3. The number of carbonyl (C=O) groups is 1. The van der Waals surface area contributed by atoms with Gasteiger partial charge in [0, 0.05) is 28.9 Å². The van der Waals surface area contributed by atoms with E-state index in [0.29, 0.717) is 24.2 Å². The molecule has 0 N–H and O–H groups in total. The van der Waals surface area contributed by atoms with Crippen molar-refractivity contribution in [1.29, 1.82) is 5.26 Å². The molecular weight excluding hydrogens is 389 g/mol. The quantitative estimate of drug-likeness (QED) is 0.607. The van der Waals surface area contributed by atoms with E-state index >= 15 is 0 Å². The molecule has 1 aliphatic rings. The molecule has 3 aromatic carbocycles. The molecule has 29 heavy (non-hydrogen) atoms. The summed E-state index contributed by atoms with van der Waals surface area (Å²) in [6.07, 6.45) is 1.98. The lowest BCUT2D eigenvalue weighted by atomic mass is 10.0. The largest absolute Gasteiger partial charge is 0.282 e. The summed E-state index contributed by atoms with van der Waals surface area (Å²) in [5.74, 6) is -0.513. The summed E-state index contributed by atoms with van der Waals surface area (Å²) < 4.78 is 13.3. The highest BCUT2D eigenvalue weighted by atomic mass is 35.5. The van der Waals surface area contributed by atoms with Gasteiger partial charge in [0.1, 0.15) is 5.82 Å². The highest BCUT2D eigenvalue weighted by Gasteiger charge is 2.27. The molecule has 3 aromatic rings. The third kappa shape index (κ3) is 3.76. The molecule has 6 heteroatoms. The van der Waals surface area contributed by atoms with E-state index in [1.807, 2.05) is 35.3 Å². The van der Waals surface area contributed by atoms with Crippen molar-refractivity contribution in [3.05, 3.63) is 76.6 Å². The average molecular weight is 408 g/mol. The Kier molecular flexibility index (Phi) is 5.37. The Morgan fingerprint density at radius 3 is 2.59 bits per heavy atom. The first-order chi connectivity index (χ1) is 14.1. The van der Waals surface area contributed by atoms with Crippen LogP contribution in [-0.2, 0) is 11.2 Å². The van der Waals surface area contributed by atoms with Crippen LogP contribution in [0.3, 0.4) is 0 Å². The first-order valence-corrected chi connectivity index (χ1v) is 9.90. The van der Waals surface area contributed by atoms with E-state index in [-0.39, 0.29) is 17.4 Å². The SMILES string of the molecule is N#Cc1ccc(N2CCCCN2C(=O)Cc2ccc(F)cc2Cl)c2ccccc12. The number of fused-ring (bicyclic) bond motifs is 1. The smallest absolute Gasteiger partial charge is 0.245 e. The molecule has 0 aromatic heterocycles. The molecule has 1 fully saturated rings. The van der Waals surface area contributed by atoms with Crippen LogP contribution in [0, 0.1) is 17.1 Å². The second kappa shape index (κ2) is 8.10. The summed E-state index contributed by atoms with van der Waals surface area (Å²) >= 11 is 6.12. The predicted molar refractivity (Wildman–Crippen MR) is 112 cm³/mol. The number of hydrazine groups is 1. The number of hydrogen-bond acceptors (Lipinski definition) is 3. The molecule has 4 rings (SSSR count). The Bertz CT molecular complexity index is 1120. The second-order valence-electron chi connectivity index (χ2n) is 7.05. The zero-order valence-corrected chi connectivity index (χ0v) is 16.5. The van der Waals surface area contributed by atoms with E-state index in [1.165, 1.54) is 12.1 Å². The van der Waals surface area contributed by atoms with Gasteiger partial charge in [-0.1, -0.05) is 41.9 Å². The summed E-state index contributed by atoms with van der Waals surface area (Å²) in [5, 5.41) is 15.2. The molecular formula is C23H19ClFN3O. The van der Waals surface area contributed by atoms with Crippen molar-refractivity contribution in [2.45, 2.75) is 19.3 Å². The summed E-state index contributed by atoms with van der Waals surface area (Å²) in [6, 6.07) is 17.8. The van der Waals surface area contributed by atoms with Gasteiger partial charge in [-0.2, -0.15) is 5.26 Å². The van der Waals surface area contributed by atoms with Gasteiger partial charge >= 0.3 is 0 Å². The highest BCUT2D eigenvalue weighted by molar-refractivity contribution is 6.31. The van der Waals surface area contributed by atoms with Crippen LogP contribution in [0.1, 0.15) is 24.0 Å². The summed E-state index contributed by atoms with van der Waals surface area (Å²) in [5.41, 5.74) is 2.11. The van der Waals surface area contributed by atoms with Gasteiger partial charge in [0.05, 0.1) is 23.7 Å². The highest BCUT2D eigenvalue weighted by Crippen LogP contribution is 2.32. The van der Waals surface area contributed by atoms with Crippen LogP contribution < -0.4 is 5.01 Å². The molecule has 0 atom stereocenters. The number of rotatable bonds is 3. The fourth-order valence-corrected chi connectivity index (χ4v) is 4.03. The summed E-state index contributed by atoms with van der Waals surface area (Å²) in [6.45, 7) is 1.31. The lowest BCUT2D eigenvalue weighted by Crippen LogP contribution is -2.51. The molecule has 0 spiro atoms. The van der Waals surface area contributed by atoms with Crippen LogP contribution in [0.2, 0.25) is 5.02 Å². The molecule has 0 unspecified atom stereocenters. The van der Waals surface area contributed by atoms with Gasteiger partial charge in [-0.25, -0.2) is 4.39 Å². The molecule has 0 saturated carbocycles. The van der Waals surface area contributed by atoms with Gasteiger partial charge in [0.15, 0.2) is 0 Å². The van der Waals surface area contributed by atoms with Crippen molar-refractivity contribution in [3.63, 3.8) is 0 Å². The third-order valence-corrected chi connectivity index (χ3v) is 5.58. The number of nitriles is 1. The predicted octanol–water partition coefficient (Wildman–Crippen LogP) is 5.09. The van der Waals surface area contributed by atoms with Gasteiger partial charge in [-0.3, -0.25) is 14.8 Å². The molecule has 1 saturated heterocycles. The lowest BCUT2D eigenvalue weighted by Gasteiger charge is -2.41. The molecule has 1 amide bonds. The van der Waals surface area contributed by atoms with Crippen LogP contribution >= 0.6 is 11.6 Å². The minimum Gasteiger partial charge on any atom is -0.282 e. The number of hydrogen-bond donors (Lipinski definition) is 0. The fourth-order valence-electron chi connectivity index (χ4n) is 3.80. The van der Waals surface area contributed by atoms with Crippen LogP contribution in [0.25, 0.3) is 10.8 Å². The van der Waals surface area contributed by atoms with Crippen molar-refractivity contribution in [2.24, 2.45) is 0 Å². The number of benzene rings is 3. The molecule has 4 nitrogen and oxygen atoms in total. The Balaban J connectivity index is 1.69. The number of anilines is 1. The van der Waals surface area contributed by atoms with Gasteiger partial charge in [0.2, 0.25) is 5.91 Å². The van der Waals surface area contributed by atoms with E-state index in [2.05, 4.69) is 6.07 Å². The fraction of sp³-hybridized carbons (Fsp3) is 0.217. The van der Waals surface area contributed by atoms with Gasteiger partial charge in [0.25, 0.3) is 0 Å². The van der Waals surface area contributed by atoms with Gasteiger partial charge in [-0.05, 0) is 42.7 Å². The van der Waals surface area contributed by atoms with Crippen LogP contribution in [0.15, 0.2) is 54.6 Å². The zero-order chi connectivity index (χ0) is 20.4. The number of amides is 1. The van der Waals surface area contributed by atoms with Crippen LogP contribution in [-0.4, -0.2) is 24.0 Å². The summed E-state index contributed by atoms with van der Waals surface area (Å²) in [4.78, 5) is 13.1. The van der Waals surface area contributed by atoms with E-state index < -0.39 is 5.82 Å². The van der Waals surface area contributed by atoms with Crippen molar-refractivity contribution < 1.29 is 9.18 Å². The van der Waals surface area contributed by atoms with Crippen molar-refractivity contribution in [3.8, 4) is 6.07 Å². The Labute approximate surface area is 173 Å². The Hall–Kier alpha value is -3.10. The molecule has 0 aliphatic carbocycles. The van der Waals surface area contributed by atoms with Gasteiger partial charge < -0.3 is 0 Å². The standard InChI is InChI=1S/C23H19ClFN3O/c24-21-14-18(25)9-7-16(21)13-23(29)28-12-4-3-11-27(28)22-10-8-17(15-26)19-5-1-2-6-20(19)22/h1-2,5-10,14H,3-4,11-13H2. The maximum Gasteiger partial charge on any atom is 0.245 e. The second-order valence-corrected chi connectivity index (χ2v) is 7.46. The van der Waals surface area contributed by atoms with Crippen molar-refractivity contribution in [2.75, 3.05) is 18.1 Å². The van der Waals surface area contributed by atoms with Crippen LogP contribution in [0.5, 0.6) is 0 Å².